The topological polar surface area (TPSA) is 137 Å². The molecule has 1 aliphatic carbocycles. The van der Waals surface area contributed by atoms with Crippen molar-refractivity contribution in [2.75, 3.05) is 0 Å². The zero-order valence-corrected chi connectivity index (χ0v) is 22.0. The van der Waals surface area contributed by atoms with Crippen molar-refractivity contribution < 1.29 is 40.6 Å². The van der Waals surface area contributed by atoms with Crippen LogP contribution in [0.3, 0.4) is 0 Å². The molecule has 9 nitrogen and oxygen atoms in total. The van der Waals surface area contributed by atoms with Crippen molar-refractivity contribution in [3.8, 4) is 22.1 Å². The number of carbonyl (C=O) groups is 1. The lowest BCUT2D eigenvalue weighted by Crippen LogP contribution is -2.14. The number of sulfonamides is 1. The molecule has 1 aliphatic rings. The Bertz CT molecular complexity index is 1720. The minimum absolute atomic E-state index is 0.0127. The highest BCUT2D eigenvalue weighted by Crippen LogP contribution is 2.39. The van der Waals surface area contributed by atoms with E-state index in [1.807, 2.05) is 0 Å². The minimum atomic E-state index is -4.30. The largest absolute Gasteiger partial charge is 0.476 e. The number of benzene rings is 2. The van der Waals surface area contributed by atoms with Gasteiger partial charge in [0.2, 0.25) is 15.2 Å². The number of hydrogen-bond acceptors (Lipinski definition) is 7. The Morgan fingerprint density at radius 1 is 1.18 bits per heavy atom. The van der Waals surface area contributed by atoms with Crippen molar-refractivity contribution in [1.82, 2.24) is 14.8 Å². The number of primary sulfonamides is 1. The molecular weight excluding hydrogens is 576 g/mol. The van der Waals surface area contributed by atoms with Crippen LogP contribution in [-0.4, -0.2) is 40.9 Å². The maximum Gasteiger partial charge on any atom is 0.387 e. The summed E-state index contributed by atoms with van der Waals surface area (Å²) in [7, 11) is -4.30. The van der Waals surface area contributed by atoms with Crippen molar-refractivity contribution in [2.45, 2.75) is 37.2 Å². The summed E-state index contributed by atoms with van der Waals surface area (Å²) < 4.78 is 83.9. The van der Waals surface area contributed by atoms with E-state index in [4.69, 9.17) is 5.14 Å². The quantitative estimate of drug-likeness (QED) is 0.252. The lowest BCUT2D eigenvalue weighted by molar-refractivity contribution is -0.0521. The van der Waals surface area contributed by atoms with Crippen LogP contribution in [0, 0.1) is 17.6 Å². The van der Waals surface area contributed by atoms with E-state index < -0.39 is 44.9 Å². The van der Waals surface area contributed by atoms with E-state index >= 15 is 0 Å². The Kier molecular flexibility index (Phi) is 7.37. The normalized spacial score (nSPS) is 13.7. The SMILES string of the molecule is NS(=O)(=O)c1ccc(Cc2c(-c3ccc(F)c(OC(F)F)c3)nn(-c3nc(C(=O)O)cs3)c2CC2CC2)cc1F. The number of ether oxygens (including phenoxy) is 1. The molecule has 4 aromatic rings. The number of aromatic nitrogens is 3. The second-order valence-electron chi connectivity index (χ2n) is 9.16. The van der Waals surface area contributed by atoms with E-state index in [-0.39, 0.29) is 34.4 Å². The summed E-state index contributed by atoms with van der Waals surface area (Å²) in [5.41, 5.74) is 1.69. The fourth-order valence-electron chi connectivity index (χ4n) is 4.25. The van der Waals surface area contributed by atoms with Crippen LogP contribution in [0.15, 0.2) is 46.7 Å². The van der Waals surface area contributed by atoms with Gasteiger partial charge in [-0.2, -0.15) is 13.9 Å². The van der Waals surface area contributed by atoms with Gasteiger partial charge in [-0.15, -0.1) is 11.3 Å². The predicted molar refractivity (Wildman–Crippen MR) is 135 cm³/mol. The second kappa shape index (κ2) is 10.6. The van der Waals surface area contributed by atoms with Crippen molar-refractivity contribution in [3.05, 3.63) is 75.9 Å². The average molecular weight is 597 g/mol. The third kappa shape index (κ3) is 5.85. The maximum atomic E-state index is 14.7. The zero-order chi connectivity index (χ0) is 28.8. The van der Waals surface area contributed by atoms with Gasteiger partial charge in [0.1, 0.15) is 10.7 Å². The molecule has 40 heavy (non-hydrogen) atoms. The first-order valence-corrected chi connectivity index (χ1v) is 14.2. The summed E-state index contributed by atoms with van der Waals surface area (Å²) in [6, 6.07) is 6.77. The van der Waals surface area contributed by atoms with E-state index in [9.17, 15) is 35.9 Å². The Hall–Kier alpha value is -3.82. The van der Waals surface area contributed by atoms with Gasteiger partial charge < -0.3 is 9.84 Å². The average Bonchev–Trinajstić information content (AvgIpc) is 3.42. The van der Waals surface area contributed by atoms with Gasteiger partial charge >= 0.3 is 12.6 Å². The highest BCUT2D eigenvalue weighted by atomic mass is 32.2. The molecule has 3 N–H and O–H groups in total. The molecule has 0 amide bonds. The number of nitrogens with two attached hydrogens (primary N) is 1. The Labute approximate surface area is 228 Å². The van der Waals surface area contributed by atoms with Crippen molar-refractivity contribution in [2.24, 2.45) is 11.1 Å². The van der Waals surface area contributed by atoms with Crippen LogP contribution in [0.1, 0.15) is 40.2 Å². The molecule has 0 unspecified atom stereocenters. The number of thiazole rings is 1. The Morgan fingerprint density at radius 3 is 2.52 bits per heavy atom. The Morgan fingerprint density at radius 2 is 1.93 bits per heavy atom. The van der Waals surface area contributed by atoms with Crippen molar-refractivity contribution >= 4 is 27.3 Å². The van der Waals surface area contributed by atoms with Gasteiger partial charge in [0.05, 0.1) is 11.4 Å². The van der Waals surface area contributed by atoms with Gasteiger partial charge in [0, 0.05) is 22.9 Å². The lowest BCUT2D eigenvalue weighted by atomic mass is 9.96. The number of halogens is 4. The second-order valence-corrected chi connectivity index (χ2v) is 11.5. The summed E-state index contributed by atoms with van der Waals surface area (Å²) >= 11 is 1.02. The molecule has 0 spiro atoms. The first-order chi connectivity index (χ1) is 18.9. The number of hydrogen-bond donors (Lipinski definition) is 2. The van der Waals surface area contributed by atoms with Gasteiger partial charge in [0.25, 0.3) is 0 Å². The van der Waals surface area contributed by atoms with E-state index in [0.29, 0.717) is 23.2 Å². The third-order valence-electron chi connectivity index (χ3n) is 6.27. The van der Waals surface area contributed by atoms with Crippen LogP contribution in [0.4, 0.5) is 17.6 Å². The molecule has 210 valence electrons. The number of nitrogens with zero attached hydrogens (tertiary/aromatic N) is 3. The lowest BCUT2D eigenvalue weighted by Gasteiger charge is -2.11. The molecule has 5 rings (SSSR count). The number of rotatable bonds is 10. The maximum absolute atomic E-state index is 14.7. The molecule has 2 aromatic carbocycles. The molecule has 1 saturated carbocycles. The molecule has 1 fully saturated rings. The van der Waals surface area contributed by atoms with Crippen LogP contribution < -0.4 is 9.88 Å². The number of alkyl halides is 2. The standard InChI is InChI=1S/C25H20F4N4O5S2/c26-16-5-4-14(10-20(16)38-24(28)29)22-15(7-13-3-6-21(17(27)8-13)40(30,36)37)19(9-12-1-2-12)33(32-22)25-31-18(11-39-25)23(34)35/h3-6,8,10-12,24H,1-2,7,9H2,(H,34,35)(H2,30,36,37). The van der Waals surface area contributed by atoms with Crippen molar-refractivity contribution in [1.29, 1.82) is 0 Å². The minimum Gasteiger partial charge on any atom is -0.476 e. The molecule has 0 atom stereocenters. The number of carboxylic acids is 1. The van der Waals surface area contributed by atoms with Crippen LogP contribution in [0.2, 0.25) is 0 Å². The molecule has 0 radical (unpaired) electrons. The van der Waals surface area contributed by atoms with Gasteiger partial charge in [-0.05, 0) is 61.1 Å². The molecule has 2 heterocycles. The van der Waals surface area contributed by atoms with Gasteiger partial charge in [-0.25, -0.2) is 36.8 Å². The van der Waals surface area contributed by atoms with Gasteiger partial charge in [-0.3, -0.25) is 0 Å². The first kappa shape index (κ1) is 27.7. The predicted octanol–water partition coefficient (Wildman–Crippen LogP) is 4.76. The highest BCUT2D eigenvalue weighted by Gasteiger charge is 2.30. The number of aromatic carboxylic acids is 1. The van der Waals surface area contributed by atoms with E-state index in [0.717, 1.165) is 48.4 Å². The molecule has 15 heteroatoms. The third-order valence-corrected chi connectivity index (χ3v) is 8.03. The van der Waals surface area contributed by atoms with Crippen LogP contribution in [0.25, 0.3) is 16.4 Å². The fraction of sp³-hybridized carbons (Fsp3) is 0.240. The molecule has 0 bridgehead atoms. The fourth-order valence-corrected chi connectivity index (χ4v) is 5.61. The van der Waals surface area contributed by atoms with E-state index in [2.05, 4.69) is 14.8 Å². The van der Waals surface area contributed by atoms with Gasteiger partial charge in [-0.1, -0.05) is 6.07 Å². The smallest absolute Gasteiger partial charge is 0.387 e. The summed E-state index contributed by atoms with van der Waals surface area (Å²) in [6.07, 6.45) is 2.36. The highest BCUT2D eigenvalue weighted by molar-refractivity contribution is 7.89. The van der Waals surface area contributed by atoms with Crippen LogP contribution >= 0.6 is 11.3 Å². The van der Waals surface area contributed by atoms with Crippen LogP contribution in [0.5, 0.6) is 5.75 Å². The van der Waals surface area contributed by atoms with Crippen LogP contribution in [-0.2, 0) is 22.9 Å². The molecule has 0 aliphatic heterocycles. The molecule has 0 saturated heterocycles. The number of carboxylic acid groups (broad SMARTS) is 1. The first-order valence-electron chi connectivity index (χ1n) is 11.8. The Balaban J connectivity index is 1.69. The summed E-state index contributed by atoms with van der Waals surface area (Å²) in [5, 5.41) is 20.6. The molecular formula is C25H20F4N4O5S2. The summed E-state index contributed by atoms with van der Waals surface area (Å²) in [4.78, 5) is 14.9. The monoisotopic (exact) mass is 596 g/mol. The zero-order valence-electron chi connectivity index (χ0n) is 20.4. The summed E-state index contributed by atoms with van der Waals surface area (Å²) in [5.74, 6) is -3.74. The van der Waals surface area contributed by atoms with Crippen molar-refractivity contribution in [3.63, 3.8) is 0 Å². The van der Waals surface area contributed by atoms with E-state index in [1.54, 1.807) is 0 Å². The summed E-state index contributed by atoms with van der Waals surface area (Å²) in [6.45, 7) is -3.28. The van der Waals surface area contributed by atoms with E-state index in [1.165, 1.54) is 22.2 Å². The molecule has 2 aromatic heterocycles. The van der Waals surface area contributed by atoms with Gasteiger partial charge in [0.15, 0.2) is 17.3 Å².